The van der Waals surface area contributed by atoms with Crippen LogP contribution in [0.4, 0.5) is 21.9 Å². The minimum Gasteiger partial charge on any atom is -0.450 e. The van der Waals surface area contributed by atoms with Gasteiger partial charge in [-0.15, -0.1) is 0 Å². The number of aryl methyl sites for hydroxylation is 2. The molecule has 2 aromatic rings. The van der Waals surface area contributed by atoms with E-state index in [1.54, 1.807) is 6.92 Å². The first-order valence-electron chi connectivity index (χ1n) is 11.0. The molecular weight excluding hydrogens is 378 g/mol. The van der Waals surface area contributed by atoms with E-state index < -0.39 is 12.3 Å². The molecule has 160 valence electrons. The van der Waals surface area contributed by atoms with Crippen LogP contribution in [0.15, 0.2) is 42.5 Å². The maximum atomic E-state index is 11.9. The highest BCUT2D eigenvalue weighted by Crippen LogP contribution is 2.39. The molecule has 30 heavy (non-hydrogen) atoms. The zero-order chi connectivity index (χ0) is 20.9. The molecule has 0 aliphatic carbocycles. The van der Waals surface area contributed by atoms with Gasteiger partial charge in [-0.05, 0) is 75.0 Å². The van der Waals surface area contributed by atoms with Crippen LogP contribution in [0.1, 0.15) is 37.3 Å². The minimum atomic E-state index is -0.638. The standard InChI is InChI=1S/C24H31N3O3/c1-2-30-24(29)25-20-12-11-19-10-9-18-7-3-4-8-21(18)27(22(19)17-20)23(28)13-16-26-14-5-6-15-26/h3-4,7-8,11-12,17,23,28H,2,5-6,9-10,13-16H2,1H3,(H,25,29). The second-order valence-electron chi connectivity index (χ2n) is 8.01. The Bertz CT molecular complexity index is 880. The highest BCUT2D eigenvalue weighted by Gasteiger charge is 2.27. The van der Waals surface area contributed by atoms with Gasteiger partial charge in [0.1, 0.15) is 6.23 Å². The topological polar surface area (TPSA) is 65.0 Å². The Hall–Kier alpha value is -2.57. The van der Waals surface area contributed by atoms with Crippen LogP contribution in [-0.2, 0) is 17.6 Å². The van der Waals surface area contributed by atoms with Crippen LogP contribution in [0.5, 0.6) is 0 Å². The maximum Gasteiger partial charge on any atom is 0.411 e. The normalized spacial score (nSPS) is 17.1. The van der Waals surface area contributed by atoms with E-state index in [9.17, 15) is 9.90 Å². The van der Waals surface area contributed by atoms with Crippen molar-refractivity contribution in [2.24, 2.45) is 0 Å². The molecule has 6 nitrogen and oxygen atoms in total. The number of fused-ring (bicyclic) bond motifs is 2. The molecule has 2 aliphatic heterocycles. The Morgan fingerprint density at radius 1 is 1.10 bits per heavy atom. The Morgan fingerprint density at radius 3 is 2.60 bits per heavy atom. The van der Waals surface area contributed by atoms with Crippen LogP contribution in [0.3, 0.4) is 0 Å². The highest BCUT2D eigenvalue weighted by molar-refractivity contribution is 5.86. The lowest BCUT2D eigenvalue weighted by molar-refractivity contribution is 0.152. The second-order valence-corrected chi connectivity index (χ2v) is 8.01. The number of carbonyl (C=O) groups excluding carboxylic acids is 1. The van der Waals surface area contributed by atoms with Crippen molar-refractivity contribution in [2.45, 2.75) is 45.3 Å². The first-order chi connectivity index (χ1) is 14.7. The lowest BCUT2D eigenvalue weighted by Crippen LogP contribution is -2.35. The predicted molar refractivity (Wildman–Crippen MR) is 119 cm³/mol. The molecule has 0 saturated carbocycles. The molecule has 0 bridgehead atoms. The number of carbonyl (C=O) groups is 1. The minimum absolute atomic E-state index is 0.325. The summed E-state index contributed by atoms with van der Waals surface area (Å²) in [5, 5.41) is 14.1. The fourth-order valence-corrected chi connectivity index (χ4v) is 4.47. The van der Waals surface area contributed by atoms with E-state index in [2.05, 4.69) is 28.4 Å². The third-order valence-electron chi connectivity index (χ3n) is 5.98. The molecule has 6 heteroatoms. The molecule has 1 atom stereocenters. The summed E-state index contributed by atoms with van der Waals surface area (Å²) in [7, 11) is 0. The zero-order valence-corrected chi connectivity index (χ0v) is 17.6. The van der Waals surface area contributed by atoms with E-state index in [1.165, 1.54) is 24.0 Å². The number of hydrogen-bond donors (Lipinski definition) is 2. The molecule has 1 saturated heterocycles. The average molecular weight is 410 g/mol. The van der Waals surface area contributed by atoms with E-state index >= 15 is 0 Å². The van der Waals surface area contributed by atoms with Crippen molar-refractivity contribution >= 4 is 23.2 Å². The van der Waals surface area contributed by atoms with E-state index in [0.717, 1.165) is 43.9 Å². The van der Waals surface area contributed by atoms with Gasteiger partial charge >= 0.3 is 6.09 Å². The van der Waals surface area contributed by atoms with Crippen molar-refractivity contribution in [3.05, 3.63) is 53.6 Å². The SMILES string of the molecule is CCOC(=O)Nc1ccc2c(c1)N(C(O)CCN1CCCC1)c1ccccc1CC2. The number of amides is 1. The first kappa shape index (κ1) is 20.7. The third kappa shape index (κ3) is 4.60. The Kier molecular flexibility index (Phi) is 6.55. The fraction of sp³-hybridized carbons (Fsp3) is 0.458. The van der Waals surface area contributed by atoms with Crippen molar-refractivity contribution < 1.29 is 14.6 Å². The zero-order valence-electron chi connectivity index (χ0n) is 17.6. The van der Waals surface area contributed by atoms with E-state index in [0.29, 0.717) is 18.7 Å². The number of aliphatic hydroxyl groups is 1. The van der Waals surface area contributed by atoms with Crippen molar-refractivity contribution in [2.75, 3.05) is 36.5 Å². The quantitative estimate of drug-likeness (QED) is 0.745. The number of aliphatic hydroxyl groups excluding tert-OH is 1. The van der Waals surface area contributed by atoms with Gasteiger partial charge in [-0.1, -0.05) is 24.3 Å². The van der Waals surface area contributed by atoms with Gasteiger partial charge in [0.05, 0.1) is 6.61 Å². The van der Waals surface area contributed by atoms with E-state index in [4.69, 9.17) is 4.74 Å². The van der Waals surface area contributed by atoms with Gasteiger partial charge in [0.15, 0.2) is 0 Å². The monoisotopic (exact) mass is 409 g/mol. The molecule has 0 spiro atoms. The van der Waals surface area contributed by atoms with E-state index in [1.807, 2.05) is 29.2 Å². The highest BCUT2D eigenvalue weighted by atomic mass is 16.5. The summed E-state index contributed by atoms with van der Waals surface area (Å²) in [6.45, 7) is 5.23. The summed E-state index contributed by atoms with van der Waals surface area (Å²) < 4.78 is 5.02. The molecule has 0 aromatic heterocycles. The van der Waals surface area contributed by atoms with Crippen LogP contribution in [0.25, 0.3) is 0 Å². The van der Waals surface area contributed by atoms with Gasteiger partial charge in [0.2, 0.25) is 0 Å². The number of rotatable bonds is 6. The largest absolute Gasteiger partial charge is 0.450 e. The summed E-state index contributed by atoms with van der Waals surface area (Å²) in [5.74, 6) is 0. The van der Waals surface area contributed by atoms with Crippen molar-refractivity contribution in [1.82, 2.24) is 4.90 Å². The van der Waals surface area contributed by atoms with Crippen LogP contribution in [-0.4, -0.2) is 48.6 Å². The van der Waals surface area contributed by atoms with Crippen LogP contribution >= 0.6 is 0 Å². The van der Waals surface area contributed by atoms with Gasteiger partial charge in [0.25, 0.3) is 0 Å². The summed E-state index contributed by atoms with van der Waals surface area (Å²) >= 11 is 0. The third-order valence-corrected chi connectivity index (χ3v) is 5.98. The number of likely N-dealkylation sites (tertiary alicyclic amines) is 1. The lowest BCUT2D eigenvalue weighted by atomic mass is 10.0. The Labute approximate surface area is 178 Å². The van der Waals surface area contributed by atoms with Gasteiger partial charge in [-0.2, -0.15) is 0 Å². The Morgan fingerprint density at radius 2 is 1.83 bits per heavy atom. The maximum absolute atomic E-state index is 11.9. The molecule has 4 rings (SSSR count). The predicted octanol–water partition coefficient (Wildman–Crippen LogP) is 4.30. The molecule has 0 radical (unpaired) electrons. The Balaban J connectivity index is 1.64. The molecule has 1 fully saturated rings. The molecule has 2 heterocycles. The summed E-state index contributed by atoms with van der Waals surface area (Å²) in [6.07, 6.45) is 3.87. The van der Waals surface area contributed by atoms with Gasteiger partial charge in [-0.3, -0.25) is 5.32 Å². The molecule has 2 aromatic carbocycles. The fourth-order valence-electron chi connectivity index (χ4n) is 4.47. The molecule has 2 aliphatic rings. The first-order valence-corrected chi connectivity index (χ1v) is 11.0. The van der Waals surface area contributed by atoms with Gasteiger partial charge in [0, 0.05) is 30.0 Å². The van der Waals surface area contributed by atoms with Crippen molar-refractivity contribution in [3.8, 4) is 0 Å². The van der Waals surface area contributed by atoms with Gasteiger partial charge < -0.3 is 19.6 Å². The summed E-state index contributed by atoms with van der Waals surface area (Å²) in [6, 6.07) is 14.2. The molecular formula is C24H31N3O3. The van der Waals surface area contributed by atoms with Crippen LogP contribution in [0.2, 0.25) is 0 Å². The number of ether oxygens (including phenoxy) is 1. The molecule has 1 amide bonds. The van der Waals surface area contributed by atoms with Crippen molar-refractivity contribution in [1.29, 1.82) is 0 Å². The number of benzene rings is 2. The second kappa shape index (κ2) is 9.49. The van der Waals surface area contributed by atoms with Crippen LogP contribution in [0, 0.1) is 0 Å². The lowest BCUT2D eigenvalue weighted by Gasteiger charge is -2.33. The summed E-state index contributed by atoms with van der Waals surface area (Å²) in [5.41, 5.74) is 5.06. The number of hydrogen-bond acceptors (Lipinski definition) is 5. The average Bonchev–Trinajstić information content (AvgIpc) is 3.21. The van der Waals surface area contributed by atoms with Gasteiger partial charge in [-0.25, -0.2) is 4.79 Å². The molecule has 1 unspecified atom stereocenters. The number of para-hydroxylation sites is 1. The smallest absolute Gasteiger partial charge is 0.411 e. The van der Waals surface area contributed by atoms with E-state index in [-0.39, 0.29) is 0 Å². The molecule has 2 N–H and O–H groups in total. The number of nitrogens with zero attached hydrogens (tertiary/aromatic N) is 2. The number of anilines is 3. The van der Waals surface area contributed by atoms with Crippen molar-refractivity contribution in [3.63, 3.8) is 0 Å². The summed E-state index contributed by atoms with van der Waals surface area (Å²) in [4.78, 5) is 16.4. The van der Waals surface area contributed by atoms with Crippen LogP contribution < -0.4 is 10.2 Å². The number of nitrogens with one attached hydrogen (secondary N) is 1.